The van der Waals surface area contributed by atoms with E-state index >= 15 is 0 Å². The van der Waals surface area contributed by atoms with E-state index in [-0.39, 0.29) is 31.1 Å². The quantitative estimate of drug-likeness (QED) is 0.0263. The summed E-state index contributed by atoms with van der Waals surface area (Å²) in [6.45, 7) is 6.59. The molecule has 0 aliphatic heterocycles. The van der Waals surface area contributed by atoms with Gasteiger partial charge in [0.25, 0.3) is 0 Å². The molecule has 1 unspecified atom stereocenters. The van der Waals surface area contributed by atoms with Gasteiger partial charge in [-0.15, -0.1) is 0 Å². The van der Waals surface area contributed by atoms with E-state index in [2.05, 4.69) is 57.2 Å². The molecule has 6 heteroatoms. The SMILES string of the molecule is CCCCC/C=C\C/C=C\C/C=C\CCCCCCCCC(=O)OCC(COC(=O)CCCCCCCCCC)OC(=O)CCCCCCCCCCCCCCCCC. The summed E-state index contributed by atoms with van der Waals surface area (Å²) in [6, 6.07) is 0. The molecule has 0 fully saturated rings. The molecule has 0 aliphatic carbocycles. The van der Waals surface area contributed by atoms with Gasteiger partial charge in [-0.05, 0) is 57.8 Å². The number of unbranched alkanes of at least 4 members (excludes halogenated alkanes) is 30. The molecule has 0 aromatic rings. The van der Waals surface area contributed by atoms with Gasteiger partial charge in [0.15, 0.2) is 6.10 Å². The first-order valence-electron chi connectivity index (χ1n) is 26.0. The first-order chi connectivity index (χ1) is 29.5. The second-order valence-corrected chi connectivity index (χ2v) is 17.4. The Kier molecular flexibility index (Phi) is 47.3. The third-order valence-corrected chi connectivity index (χ3v) is 11.4. The van der Waals surface area contributed by atoms with Crippen LogP contribution in [0.5, 0.6) is 0 Å². The highest BCUT2D eigenvalue weighted by molar-refractivity contribution is 5.71. The lowest BCUT2D eigenvalue weighted by Crippen LogP contribution is -2.30. The molecule has 0 rings (SSSR count). The van der Waals surface area contributed by atoms with Crippen molar-refractivity contribution < 1.29 is 28.6 Å². The molecular weight excluding hydrogens is 745 g/mol. The van der Waals surface area contributed by atoms with Crippen LogP contribution in [-0.4, -0.2) is 37.2 Å². The number of allylic oxidation sites excluding steroid dienone is 6. The second kappa shape index (κ2) is 49.3. The fourth-order valence-electron chi connectivity index (χ4n) is 7.45. The highest BCUT2D eigenvalue weighted by Crippen LogP contribution is 2.16. The van der Waals surface area contributed by atoms with Crippen molar-refractivity contribution in [2.24, 2.45) is 0 Å². The number of rotatable bonds is 47. The van der Waals surface area contributed by atoms with Crippen molar-refractivity contribution >= 4 is 17.9 Å². The number of ether oxygens (including phenoxy) is 3. The summed E-state index contributed by atoms with van der Waals surface area (Å²) in [6.07, 6.45) is 57.0. The summed E-state index contributed by atoms with van der Waals surface area (Å²) in [4.78, 5) is 37.8. The van der Waals surface area contributed by atoms with Gasteiger partial charge in [0, 0.05) is 19.3 Å². The van der Waals surface area contributed by atoms with E-state index in [0.717, 1.165) is 77.0 Å². The highest BCUT2D eigenvalue weighted by Gasteiger charge is 2.19. The van der Waals surface area contributed by atoms with Gasteiger partial charge in [-0.2, -0.15) is 0 Å². The summed E-state index contributed by atoms with van der Waals surface area (Å²) in [5, 5.41) is 0. The van der Waals surface area contributed by atoms with Crippen molar-refractivity contribution in [2.45, 2.75) is 277 Å². The van der Waals surface area contributed by atoms with Gasteiger partial charge in [-0.3, -0.25) is 14.4 Å². The summed E-state index contributed by atoms with van der Waals surface area (Å²) >= 11 is 0. The summed E-state index contributed by atoms with van der Waals surface area (Å²) in [7, 11) is 0. The average molecular weight is 843 g/mol. The first-order valence-corrected chi connectivity index (χ1v) is 26.0. The lowest BCUT2D eigenvalue weighted by Gasteiger charge is -2.18. The normalized spacial score (nSPS) is 12.2. The van der Waals surface area contributed by atoms with Gasteiger partial charge in [-0.25, -0.2) is 0 Å². The monoisotopic (exact) mass is 843 g/mol. The zero-order valence-electron chi connectivity index (χ0n) is 40.0. The number of esters is 3. The molecule has 1 atom stereocenters. The number of carbonyl (C=O) groups is 3. The predicted molar refractivity (Wildman–Crippen MR) is 256 cm³/mol. The van der Waals surface area contributed by atoms with Gasteiger partial charge in [0.1, 0.15) is 13.2 Å². The van der Waals surface area contributed by atoms with Crippen LogP contribution in [0.25, 0.3) is 0 Å². The molecule has 0 heterocycles. The lowest BCUT2D eigenvalue weighted by molar-refractivity contribution is -0.167. The fourth-order valence-corrected chi connectivity index (χ4v) is 7.45. The Balaban J connectivity index is 4.28. The zero-order valence-corrected chi connectivity index (χ0v) is 40.0. The van der Waals surface area contributed by atoms with Crippen molar-refractivity contribution in [3.8, 4) is 0 Å². The molecule has 0 saturated carbocycles. The molecule has 6 nitrogen and oxygen atoms in total. The Morgan fingerprint density at radius 1 is 0.333 bits per heavy atom. The van der Waals surface area contributed by atoms with Crippen LogP contribution in [0.15, 0.2) is 36.5 Å². The van der Waals surface area contributed by atoms with Crippen LogP contribution in [0.4, 0.5) is 0 Å². The molecule has 0 aromatic heterocycles. The zero-order chi connectivity index (χ0) is 43.7. The maximum atomic E-state index is 12.8. The number of hydrogen-bond acceptors (Lipinski definition) is 6. The Morgan fingerprint density at radius 2 is 0.600 bits per heavy atom. The van der Waals surface area contributed by atoms with Crippen LogP contribution in [0.2, 0.25) is 0 Å². The first kappa shape index (κ1) is 57.6. The standard InChI is InChI=1S/C54H98O6/c1-4-7-10-13-16-19-21-23-25-26-27-28-30-31-33-35-38-41-44-47-53(56)59-50-51(49-58-52(55)46-43-40-37-18-15-12-9-6-3)60-54(57)48-45-42-39-36-34-32-29-24-22-20-17-14-11-8-5-2/h16,19,23,25,27-28,51H,4-15,17-18,20-22,24,26,29-50H2,1-3H3/b19-16-,25-23-,28-27-. The van der Waals surface area contributed by atoms with Gasteiger partial charge in [-0.1, -0.05) is 231 Å². The van der Waals surface area contributed by atoms with E-state index in [9.17, 15) is 14.4 Å². The fraction of sp³-hybridized carbons (Fsp3) is 0.833. The molecular formula is C54H98O6. The van der Waals surface area contributed by atoms with Crippen molar-refractivity contribution in [3.63, 3.8) is 0 Å². The van der Waals surface area contributed by atoms with E-state index in [1.807, 2.05) is 0 Å². The van der Waals surface area contributed by atoms with E-state index in [0.29, 0.717) is 19.3 Å². The molecule has 0 N–H and O–H groups in total. The van der Waals surface area contributed by atoms with E-state index < -0.39 is 6.10 Å². The minimum absolute atomic E-state index is 0.0729. The van der Waals surface area contributed by atoms with Gasteiger partial charge < -0.3 is 14.2 Å². The van der Waals surface area contributed by atoms with Crippen molar-refractivity contribution in [1.82, 2.24) is 0 Å². The van der Waals surface area contributed by atoms with Crippen molar-refractivity contribution in [1.29, 1.82) is 0 Å². The minimum atomic E-state index is -0.771. The molecule has 0 aromatic carbocycles. The summed E-state index contributed by atoms with van der Waals surface area (Å²) in [5.41, 5.74) is 0. The third kappa shape index (κ3) is 46.7. The summed E-state index contributed by atoms with van der Waals surface area (Å²) in [5.74, 6) is -0.879. The topological polar surface area (TPSA) is 78.9 Å². The van der Waals surface area contributed by atoms with E-state index in [4.69, 9.17) is 14.2 Å². The average Bonchev–Trinajstić information content (AvgIpc) is 3.24. The number of hydrogen-bond donors (Lipinski definition) is 0. The van der Waals surface area contributed by atoms with Gasteiger partial charge in [0.2, 0.25) is 0 Å². The molecule has 350 valence electrons. The van der Waals surface area contributed by atoms with Crippen LogP contribution in [0, 0.1) is 0 Å². The predicted octanol–water partition coefficient (Wildman–Crippen LogP) is 16.9. The molecule has 0 radical (unpaired) electrons. The van der Waals surface area contributed by atoms with Crippen molar-refractivity contribution in [2.75, 3.05) is 13.2 Å². The lowest BCUT2D eigenvalue weighted by atomic mass is 10.0. The van der Waals surface area contributed by atoms with Crippen LogP contribution in [0.1, 0.15) is 271 Å². The van der Waals surface area contributed by atoms with Gasteiger partial charge >= 0.3 is 17.9 Å². The third-order valence-electron chi connectivity index (χ3n) is 11.4. The Hall–Kier alpha value is -2.37. The Bertz CT molecular complexity index is 1020. The molecule has 0 spiro atoms. The Morgan fingerprint density at radius 3 is 0.967 bits per heavy atom. The smallest absolute Gasteiger partial charge is 0.306 e. The van der Waals surface area contributed by atoms with Crippen LogP contribution in [-0.2, 0) is 28.6 Å². The summed E-state index contributed by atoms with van der Waals surface area (Å²) < 4.78 is 16.8. The maximum Gasteiger partial charge on any atom is 0.306 e. The molecule has 0 amide bonds. The van der Waals surface area contributed by atoms with Gasteiger partial charge in [0.05, 0.1) is 0 Å². The molecule has 0 saturated heterocycles. The minimum Gasteiger partial charge on any atom is -0.462 e. The van der Waals surface area contributed by atoms with Crippen LogP contribution in [0.3, 0.4) is 0 Å². The second-order valence-electron chi connectivity index (χ2n) is 17.4. The van der Waals surface area contributed by atoms with Crippen LogP contribution >= 0.6 is 0 Å². The van der Waals surface area contributed by atoms with E-state index in [1.165, 1.54) is 154 Å². The van der Waals surface area contributed by atoms with Crippen molar-refractivity contribution in [3.05, 3.63) is 36.5 Å². The maximum absolute atomic E-state index is 12.8. The Labute approximate surface area is 372 Å². The molecule has 0 aliphatic rings. The highest BCUT2D eigenvalue weighted by atomic mass is 16.6. The van der Waals surface area contributed by atoms with Crippen LogP contribution < -0.4 is 0 Å². The molecule has 0 bridgehead atoms. The van der Waals surface area contributed by atoms with E-state index in [1.54, 1.807) is 0 Å². The molecule has 60 heavy (non-hydrogen) atoms. The largest absolute Gasteiger partial charge is 0.462 e. The number of carbonyl (C=O) groups excluding carboxylic acids is 3.